The van der Waals surface area contributed by atoms with Crippen molar-refractivity contribution in [1.29, 1.82) is 0 Å². The van der Waals surface area contributed by atoms with Gasteiger partial charge in [0.1, 0.15) is 0 Å². The third kappa shape index (κ3) is 3.13. The zero-order chi connectivity index (χ0) is 13.1. The van der Waals surface area contributed by atoms with E-state index in [-0.39, 0.29) is 6.10 Å². The monoisotopic (exact) mass is 284 g/mol. The molecule has 1 saturated heterocycles. The molecule has 0 bridgehead atoms. The molecule has 1 fully saturated rings. The SMILES string of the molecule is Cc1c(Cl)cccc1NC(=S)N1CCC[C@H](O)C1. The Labute approximate surface area is 118 Å². The fraction of sp³-hybridized carbons (Fsp3) is 0.462. The quantitative estimate of drug-likeness (QED) is 0.778. The summed E-state index contributed by atoms with van der Waals surface area (Å²) in [7, 11) is 0. The van der Waals surface area contributed by atoms with E-state index < -0.39 is 0 Å². The van der Waals surface area contributed by atoms with Gasteiger partial charge in [0.15, 0.2) is 5.11 Å². The van der Waals surface area contributed by atoms with Gasteiger partial charge in [0.25, 0.3) is 0 Å². The fourth-order valence-corrected chi connectivity index (χ4v) is 2.53. The molecule has 1 heterocycles. The Morgan fingerprint density at radius 2 is 2.33 bits per heavy atom. The molecule has 0 spiro atoms. The van der Waals surface area contributed by atoms with Crippen LogP contribution >= 0.6 is 23.8 Å². The number of anilines is 1. The van der Waals surface area contributed by atoms with Gasteiger partial charge >= 0.3 is 0 Å². The number of aliphatic hydroxyl groups excluding tert-OH is 1. The van der Waals surface area contributed by atoms with Crippen molar-refractivity contribution in [3.63, 3.8) is 0 Å². The number of nitrogens with one attached hydrogen (secondary N) is 1. The number of benzene rings is 1. The van der Waals surface area contributed by atoms with Crippen LogP contribution in [-0.2, 0) is 0 Å². The van der Waals surface area contributed by atoms with Crippen LogP contribution in [0.4, 0.5) is 5.69 Å². The van der Waals surface area contributed by atoms with Gasteiger partial charge < -0.3 is 15.3 Å². The zero-order valence-electron chi connectivity index (χ0n) is 10.3. The Hall–Kier alpha value is -0.840. The number of piperidine rings is 1. The van der Waals surface area contributed by atoms with E-state index in [0.29, 0.717) is 11.7 Å². The zero-order valence-corrected chi connectivity index (χ0v) is 11.9. The number of halogens is 1. The summed E-state index contributed by atoms with van der Waals surface area (Å²) in [6, 6.07) is 5.70. The minimum atomic E-state index is -0.279. The Bertz CT molecular complexity index is 453. The highest BCUT2D eigenvalue weighted by atomic mass is 35.5. The largest absolute Gasteiger partial charge is 0.391 e. The van der Waals surface area contributed by atoms with Crippen molar-refractivity contribution in [3.8, 4) is 0 Å². The number of hydrogen-bond acceptors (Lipinski definition) is 2. The van der Waals surface area contributed by atoms with Crippen LogP contribution in [-0.4, -0.2) is 34.3 Å². The molecule has 1 aliphatic rings. The van der Waals surface area contributed by atoms with E-state index in [0.717, 1.165) is 35.7 Å². The van der Waals surface area contributed by atoms with Crippen molar-refractivity contribution >= 4 is 34.6 Å². The van der Waals surface area contributed by atoms with Gasteiger partial charge in [-0.05, 0) is 49.7 Å². The first-order valence-electron chi connectivity index (χ1n) is 6.07. The lowest BCUT2D eigenvalue weighted by atomic mass is 10.1. The van der Waals surface area contributed by atoms with Crippen molar-refractivity contribution in [3.05, 3.63) is 28.8 Å². The van der Waals surface area contributed by atoms with Crippen molar-refractivity contribution in [2.24, 2.45) is 0 Å². The summed E-state index contributed by atoms with van der Waals surface area (Å²) < 4.78 is 0. The summed E-state index contributed by atoms with van der Waals surface area (Å²) in [6.07, 6.45) is 1.55. The summed E-state index contributed by atoms with van der Waals surface area (Å²) in [5.74, 6) is 0. The van der Waals surface area contributed by atoms with Crippen LogP contribution in [0.5, 0.6) is 0 Å². The summed E-state index contributed by atoms with van der Waals surface area (Å²) >= 11 is 11.4. The molecule has 2 N–H and O–H groups in total. The van der Waals surface area contributed by atoms with E-state index in [1.54, 1.807) is 0 Å². The van der Waals surface area contributed by atoms with Gasteiger partial charge in [-0.2, -0.15) is 0 Å². The molecule has 0 amide bonds. The lowest BCUT2D eigenvalue weighted by Gasteiger charge is -2.32. The Kier molecular flexibility index (Phi) is 4.43. The molecule has 5 heteroatoms. The molecule has 0 aromatic heterocycles. The first-order chi connectivity index (χ1) is 8.58. The first-order valence-corrected chi connectivity index (χ1v) is 6.85. The van der Waals surface area contributed by atoms with Crippen LogP contribution in [0.15, 0.2) is 18.2 Å². The molecule has 0 saturated carbocycles. The maximum absolute atomic E-state index is 9.64. The first kappa shape index (κ1) is 13.6. The van der Waals surface area contributed by atoms with Crippen LogP contribution in [0.3, 0.4) is 0 Å². The van der Waals surface area contributed by atoms with E-state index in [2.05, 4.69) is 5.32 Å². The number of rotatable bonds is 1. The van der Waals surface area contributed by atoms with E-state index >= 15 is 0 Å². The third-order valence-electron chi connectivity index (χ3n) is 3.19. The summed E-state index contributed by atoms with van der Waals surface area (Å²) in [5.41, 5.74) is 1.91. The maximum Gasteiger partial charge on any atom is 0.173 e. The number of thiocarbonyl (C=S) groups is 1. The summed E-state index contributed by atoms with van der Waals surface area (Å²) in [5, 5.41) is 14.2. The highest BCUT2D eigenvalue weighted by molar-refractivity contribution is 7.80. The van der Waals surface area contributed by atoms with E-state index in [1.807, 2.05) is 30.0 Å². The van der Waals surface area contributed by atoms with Gasteiger partial charge in [0, 0.05) is 23.8 Å². The second-order valence-electron chi connectivity index (χ2n) is 4.58. The van der Waals surface area contributed by atoms with E-state index in [1.165, 1.54) is 0 Å². The average molecular weight is 285 g/mol. The smallest absolute Gasteiger partial charge is 0.173 e. The summed E-state index contributed by atoms with van der Waals surface area (Å²) in [6.45, 7) is 3.45. The van der Waals surface area contributed by atoms with Crippen molar-refractivity contribution < 1.29 is 5.11 Å². The van der Waals surface area contributed by atoms with Crippen LogP contribution in [0.2, 0.25) is 5.02 Å². The Balaban J connectivity index is 2.04. The highest BCUT2D eigenvalue weighted by Gasteiger charge is 2.20. The van der Waals surface area contributed by atoms with Gasteiger partial charge in [-0.25, -0.2) is 0 Å². The molecular formula is C13H17ClN2OS. The predicted molar refractivity (Wildman–Crippen MR) is 79.2 cm³/mol. The van der Waals surface area contributed by atoms with E-state index in [9.17, 15) is 5.11 Å². The van der Waals surface area contributed by atoms with Gasteiger partial charge in [-0.1, -0.05) is 17.7 Å². The van der Waals surface area contributed by atoms with E-state index in [4.69, 9.17) is 23.8 Å². The second-order valence-corrected chi connectivity index (χ2v) is 5.38. The molecule has 0 aliphatic carbocycles. The number of hydrogen-bond donors (Lipinski definition) is 2. The van der Waals surface area contributed by atoms with Crippen molar-refractivity contribution in [2.45, 2.75) is 25.9 Å². The van der Waals surface area contributed by atoms with Crippen LogP contribution in [0, 0.1) is 6.92 Å². The molecule has 3 nitrogen and oxygen atoms in total. The number of aliphatic hydroxyl groups is 1. The molecule has 1 aromatic carbocycles. The molecule has 18 heavy (non-hydrogen) atoms. The molecule has 98 valence electrons. The van der Waals surface area contributed by atoms with Gasteiger partial charge in [-0.15, -0.1) is 0 Å². The molecular weight excluding hydrogens is 268 g/mol. The minimum Gasteiger partial charge on any atom is -0.391 e. The van der Waals surface area contributed by atoms with Crippen LogP contribution in [0.1, 0.15) is 18.4 Å². The van der Waals surface area contributed by atoms with Crippen molar-refractivity contribution in [1.82, 2.24) is 4.90 Å². The predicted octanol–water partition coefficient (Wildman–Crippen LogP) is 2.80. The molecule has 1 atom stereocenters. The number of nitrogens with zero attached hydrogens (tertiary/aromatic N) is 1. The molecule has 0 radical (unpaired) electrons. The topological polar surface area (TPSA) is 35.5 Å². The summed E-state index contributed by atoms with van der Waals surface area (Å²) in [4.78, 5) is 2.00. The van der Waals surface area contributed by atoms with Gasteiger partial charge in [-0.3, -0.25) is 0 Å². The van der Waals surface area contributed by atoms with Gasteiger partial charge in [0.2, 0.25) is 0 Å². The minimum absolute atomic E-state index is 0.279. The van der Waals surface area contributed by atoms with Crippen molar-refractivity contribution in [2.75, 3.05) is 18.4 Å². The number of β-amino-alcohol motifs (C(OH)–C–C–N with tert-alkyl or cyclic N) is 1. The molecule has 1 aromatic rings. The third-order valence-corrected chi connectivity index (χ3v) is 3.96. The van der Waals surface area contributed by atoms with Crippen LogP contribution in [0.25, 0.3) is 0 Å². The second kappa shape index (κ2) is 5.87. The average Bonchev–Trinajstić information content (AvgIpc) is 2.35. The standard InChI is InChI=1S/C13H17ClN2OS/c1-9-11(14)5-2-6-12(9)15-13(18)16-7-3-4-10(17)8-16/h2,5-6,10,17H,3-4,7-8H2,1H3,(H,15,18)/t10-/m0/s1. The fourth-order valence-electron chi connectivity index (χ4n) is 2.08. The van der Waals surface area contributed by atoms with Crippen LogP contribution < -0.4 is 5.32 Å². The van der Waals surface area contributed by atoms with Gasteiger partial charge in [0.05, 0.1) is 6.10 Å². The Morgan fingerprint density at radius 3 is 3.06 bits per heavy atom. The number of likely N-dealkylation sites (tertiary alicyclic amines) is 1. The normalized spacial score (nSPS) is 19.7. The molecule has 1 aliphatic heterocycles. The lowest BCUT2D eigenvalue weighted by Crippen LogP contribution is -2.44. The molecule has 0 unspecified atom stereocenters. The lowest BCUT2D eigenvalue weighted by molar-refractivity contribution is 0.104. The molecule has 2 rings (SSSR count). The highest BCUT2D eigenvalue weighted by Crippen LogP contribution is 2.23. The Morgan fingerprint density at radius 1 is 1.56 bits per heavy atom. The maximum atomic E-state index is 9.64.